The van der Waals surface area contributed by atoms with Crippen LogP contribution in [0.25, 0.3) is 0 Å². The number of carbonyl (C=O) groups excluding carboxylic acids is 3. The lowest BCUT2D eigenvalue weighted by Crippen LogP contribution is -2.58. The number of rotatable bonds is 6. The van der Waals surface area contributed by atoms with Gasteiger partial charge in [-0.2, -0.15) is 0 Å². The number of nitrogens with zero attached hydrogens (tertiary/aromatic N) is 1. The lowest BCUT2D eigenvalue weighted by atomic mass is 9.74. The Kier molecular flexibility index (Phi) is 6.19. The average molecular weight is 486 g/mol. The van der Waals surface area contributed by atoms with Crippen LogP contribution in [0.4, 0.5) is 5.69 Å². The molecule has 182 valence electrons. The summed E-state index contributed by atoms with van der Waals surface area (Å²) in [6.07, 6.45) is 9.18. The van der Waals surface area contributed by atoms with E-state index in [1.54, 1.807) is 29.2 Å². The van der Waals surface area contributed by atoms with Gasteiger partial charge in [0.25, 0.3) is 0 Å². The van der Waals surface area contributed by atoms with Crippen molar-refractivity contribution in [2.75, 3.05) is 5.32 Å². The first kappa shape index (κ1) is 23.4. The van der Waals surface area contributed by atoms with Gasteiger partial charge in [0.05, 0.1) is 17.9 Å². The molecule has 8 heteroatoms. The van der Waals surface area contributed by atoms with Crippen molar-refractivity contribution in [3.8, 4) is 0 Å². The third-order valence-electron chi connectivity index (χ3n) is 7.99. The first-order valence-corrected chi connectivity index (χ1v) is 12.8. The quantitative estimate of drug-likeness (QED) is 0.602. The predicted molar refractivity (Wildman–Crippen MR) is 129 cm³/mol. The summed E-state index contributed by atoms with van der Waals surface area (Å²) in [6.45, 7) is 3.95. The average Bonchev–Trinajstić information content (AvgIpc) is 3.48. The normalized spacial score (nSPS) is 33.1. The van der Waals surface area contributed by atoms with Gasteiger partial charge in [-0.1, -0.05) is 49.9 Å². The van der Waals surface area contributed by atoms with Gasteiger partial charge in [0, 0.05) is 22.8 Å². The van der Waals surface area contributed by atoms with E-state index in [0.29, 0.717) is 17.1 Å². The van der Waals surface area contributed by atoms with E-state index in [0.717, 1.165) is 25.7 Å². The number of halogens is 1. The second kappa shape index (κ2) is 9.00. The molecule has 1 saturated carbocycles. The fourth-order valence-corrected chi connectivity index (χ4v) is 6.29. The Morgan fingerprint density at radius 1 is 1.18 bits per heavy atom. The number of hydrogen-bond acceptors (Lipinski definition) is 4. The molecule has 7 nitrogen and oxygen atoms in total. The Morgan fingerprint density at radius 3 is 2.56 bits per heavy atom. The lowest BCUT2D eigenvalue weighted by molar-refractivity contribution is -0.143. The van der Waals surface area contributed by atoms with Gasteiger partial charge in [-0.05, 0) is 50.5 Å². The summed E-state index contributed by atoms with van der Waals surface area (Å²) in [5.74, 6) is -2.07. The van der Waals surface area contributed by atoms with E-state index in [4.69, 9.17) is 16.3 Å². The van der Waals surface area contributed by atoms with Crippen LogP contribution in [0.2, 0.25) is 5.02 Å². The van der Waals surface area contributed by atoms with Crippen LogP contribution in [-0.4, -0.2) is 52.5 Å². The Morgan fingerprint density at radius 2 is 1.88 bits per heavy atom. The molecule has 4 aliphatic rings. The maximum Gasteiger partial charge on any atom is 0.246 e. The number of ether oxygens (including phenoxy) is 1. The highest BCUT2D eigenvalue weighted by molar-refractivity contribution is 6.30. The van der Waals surface area contributed by atoms with Crippen molar-refractivity contribution in [3.05, 3.63) is 41.4 Å². The molecule has 1 aliphatic carbocycles. The number of hydrogen-bond donors (Lipinski definition) is 2. The van der Waals surface area contributed by atoms with Crippen LogP contribution in [0.5, 0.6) is 0 Å². The number of benzene rings is 1. The van der Waals surface area contributed by atoms with Crippen LogP contribution in [0, 0.1) is 11.8 Å². The van der Waals surface area contributed by atoms with E-state index in [2.05, 4.69) is 10.6 Å². The maximum atomic E-state index is 13.8. The molecule has 2 saturated heterocycles. The van der Waals surface area contributed by atoms with Gasteiger partial charge in [0.15, 0.2) is 0 Å². The molecule has 5 rings (SSSR count). The molecule has 3 heterocycles. The van der Waals surface area contributed by atoms with E-state index < -0.39 is 29.6 Å². The van der Waals surface area contributed by atoms with Gasteiger partial charge in [0.1, 0.15) is 11.6 Å². The summed E-state index contributed by atoms with van der Waals surface area (Å²) >= 11 is 5.96. The zero-order chi connectivity index (χ0) is 24.0. The summed E-state index contributed by atoms with van der Waals surface area (Å²) in [4.78, 5) is 42.6. The van der Waals surface area contributed by atoms with Crippen LogP contribution in [0.1, 0.15) is 52.4 Å². The van der Waals surface area contributed by atoms with Crippen LogP contribution >= 0.6 is 11.6 Å². The predicted octanol–water partition coefficient (Wildman–Crippen LogP) is 3.68. The highest BCUT2D eigenvalue weighted by Gasteiger charge is 2.73. The molecule has 4 unspecified atom stereocenters. The summed E-state index contributed by atoms with van der Waals surface area (Å²) in [5, 5.41) is 6.69. The second-order valence-electron chi connectivity index (χ2n) is 10.0. The van der Waals surface area contributed by atoms with E-state index in [9.17, 15) is 14.4 Å². The third-order valence-corrected chi connectivity index (χ3v) is 8.24. The van der Waals surface area contributed by atoms with Crippen molar-refractivity contribution in [2.24, 2.45) is 11.8 Å². The summed E-state index contributed by atoms with van der Waals surface area (Å²) < 4.78 is 6.38. The van der Waals surface area contributed by atoms with Crippen LogP contribution in [-0.2, 0) is 19.1 Å². The first-order chi connectivity index (χ1) is 16.4. The van der Waals surface area contributed by atoms with Gasteiger partial charge in [-0.15, -0.1) is 0 Å². The van der Waals surface area contributed by atoms with E-state index in [1.807, 2.05) is 26.0 Å². The van der Waals surface area contributed by atoms with Crippen LogP contribution in [0.15, 0.2) is 36.4 Å². The minimum Gasteiger partial charge on any atom is -0.359 e. The number of fused-ring (bicyclic) bond motifs is 1. The van der Waals surface area contributed by atoms with Gasteiger partial charge >= 0.3 is 0 Å². The standard InChI is InChI=1S/C26H32ClN3O4/c1-3-15(2)30-22(24(32)29-17-7-5-4-6-8-17)26-14-13-19(34-26)20(21(26)25(30)33)23(31)28-18-11-9-16(27)10-12-18/h9-15,17,19-22H,3-8H2,1-2H3,(H,28,31)(H,29,32)/t15?,19-,20?,21-,22?,26?/m1/s1. The van der Waals surface area contributed by atoms with Gasteiger partial charge < -0.3 is 20.3 Å². The third kappa shape index (κ3) is 3.73. The van der Waals surface area contributed by atoms with Gasteiger partial charge in [-0.25, -0.2) is 0 Å². The fourth-order valence-electron chi connectivity index (χ4n) is 6.16. The van der Waals surface area contributed by atoms with Crippen molar-refractivity contribution < 1.29 is 19.1 Å². The van der Waals surface area contributed by atoms with Crippen molar-refractivity contribution in [1.29, 1.82) is 0 Å². The minimum atomic E-state index is -1.12. The zero-order valence-electron chi connectivity index (χ0n) is 19.6. The SMILES string of the molecule is CCC(C)N1C(=O)[C@H]2C(C(=O)Nc3ccc(Cl)cc3)[C@H]3C=CC2(O3)C1C(=O)NC1CCCCC1. The van der Waals surface area contributed by atoms with Crippen LogP contribution in [0.3, 0.4) is 0 Å². The monoisotopic (exact) mass is 485 g/mol. The van der Waals surface area contributed by atoms with Crippen molar-refractivity contribution in [3.63, 3.8) is 0 Å². The highest BCUT2D eigenvalue weighted by Crippen LogP contribution is 2.55. The molecule has 3 fully saturated rings. The highest BCUT2D eigenvalue weighted by atomic mass is 35.5. The maximum absolute atomic E-state index is 13.8. The number of amides is 3. The molecule has 2 bridgehead atoms. The van der Waals surface area contributed by atoms with Crippen molar-refractivity contribution in [2.45, 2.75) is 82.2 Å². The summed E-state index contributed by atoms with van der Waals surface area (Å²) in [6, 6.07) is 6.05. The number of nitrogens with one attached hydrogen (secondary N) is 2. The Balaban J connectivity index is 1.44. The van der Waals surface area contributed by atoms with Crippen molar-refractivity contribution >= 4 is 35.0 Å². The Bertz CT molecular complexity index is 1010. The Labute approximate surface area is 205 Å². The molecule has 0 aromatic heterocycles. The van der Waals surface area contributed by atoms with E-state index >= 15 is 0 Å². The largest absolute Gasteiger partial charge is 0.359 e. The fraction of sp³-hybridized carbons (Fsp3) is 0.577. The molecule has 1 spiro atoms. The lowest BCUT2D eigenvalue weighted by Gasteiger charge is -2.36. The number of likely N-dealkylation sites (tertiary alicyclic amines) is 1. The first-order valence-electron chi connectivity index (χ1n) is 12.4. The molecule has 1 aromatic rings. The van der Waals surface area contributed by atoms with Crippen molar-refractivity contribution in [1.82, 2.24) is 10.2 Å². The van der Waals surface area contributed by atoms with E-state index in [-0.39, 0.29) is 29.8 Å². The molecule has 0 radical (unpaired) electrons. The van der Waals surface area contributed by atoms with E-state index in [1.165, 1.54) is 6.42 Å². The molecule has 3 amide bonds. The summed E-state index contributed by atoms with van der Waals surface area (Å²) in [7, 11) is 0. The molecule has 6 atom stereocenters. The topological polar surface area (TPSA) is 87.7 Å². The molecule has 2 N–H and O–H groups in total. The molecule has 3 aliphatic heterocycles. The Hall–Kier alpha value is -2.38. The van der Waals surface area contributed by atoms with Gasteiger partial charge in [0.2, 0.25) is 17.7 Å². The number of carbonyl (C=O) groups is 3. The van der Waals surface area contributed by atoms with Crippen LogP contribution < -0.4 is 10.6 Å². The molecular formula is C26H32ClN3O4. The minimum absolute atomic E-state index is 0.122. The smallest absolute Gasteiger partial charge is 0.246 e. The molecule has 34 heavy (non-hydrogen) atoms. The molecule has 1 aromatic carbocycles. The van der Waals surface area contributed by atoms with Gasteiger partial charge in [-0.3, -0.25) is 14.4 Å². The number of anilines is 1. The summed E-state index contributed by atoms with van der Waals surface area (Å²) in [5.41, 5.74) is -0.516. The molecular weight excluding hydrogens is 454 g/mol. The zero-order valence-corrected chi connectivity index (χ0v) is 20.4. The second-order valence-corrected chi connectivity index (χ2v) is 10.5.